The number of nitrogens with two attached hydrogens (primary N) is 1. The van der Waals surface area contributed by atoms with Crippen molar-refractivity contribution in [2.24, 2.45) is 11.7 Å². The molecule has 1 heterocycles. The zero-order valence-electron chi connectivity index (χ0n) is 13.4. The lowest BCUT2D eigenvalue weighted by atomic mass is 10.1. The van der Waals surface area contributed by atoms with Crippen LogP contribution in [0.15, 0.2) is 28.8 Å². The van der Waals surface area contributed by atoms with Crippen LogP contribution in [0.25, 0.3) is 11.4 Å². The molecule has 0 aliphatic heterocycles. The monoisotopic (exact) mass is 386 g/mol. The lowest BCUT2D eigenvalue weighted by molar-refractivity contribution is -0.125. The van der Waals surface area contributed by atoms with Gasteiger partial charge in [-0.2, -0.15) is 4.98 Å². The van der Waals surface area contributed by atoms with Crippen molar-refractivity contribution in [1.29, 1.82) is 0 Å². The number of hydrogen-bond donors (Lipinski definition) is 3. The highest BCUT2D eigenvalue weighted by atomic mass is 35.5. The van der Waals surface area contributed by atoms with Gasteiger partial charge in [-0.3, -0.25) is 4.79 Å². The Balaban J connectivity index is 0.00000225. The van der Waals surface area contributed by atoms with Crippen molar-refractivity contribution in [1.82, 2.24) is 15.5 Å². The molecule has 3 atom stereocenters. The van der Waals surface area contributed by atoms with Gasteiger partial charge in [-0.15, -0.1) is 12.4 Å². The summed E-state index contributed by atoms with van der Waals surface area (Å²) in [5, 5.41) is 17.0. The SMILES string of the molecule is Cl.N[C@@H]1C[C@H](C(=O)NCCc2nc(-c3ccc(Cl)cc3)no2)C[C@H]1O. The summed E-state index contributed by atoms with van der Waals surface area (Å²) in [4.78, 5) is 16.3. The van der Waals surface area contributed by atoms with E-state index < -0.39 is 6.10 Å². The van der Waals surface area contributed by atoms with Crippen molar-refractivity contribution in [2.75, 3.05) is 6.54 Å². The van der Waals surface area contributed by atoms with E-state index in [4.69, 9.17) is 21.9 Å². The Morgan fingerprint density at radius 1 is 1.36 bits per heavy atom. The molecular weight excluding hydrogens is 367 g/mol. The van der Waals surface area contributed by atoms with Gasteiger partial charge >= 0.3 is 0 Å². The lowest BCUT2D eigenvalue weighted by Gasteiger charge is -2.09. The van der Waals surface area contributed by atoms with Crippen LogP contribution in [0.3, 0.4) is 0 Å². The Morgan fingerprint density at radius 3 is 2.72 bits per heavy atom. The van der Waals surface area contributed by atoms with Crippen LogP contribution in [-0.4, -0.2) is 39.8 Å². The fraction of sp³-hybridized carbons (Fsp3) is 0.438. The molecular formula is C16H20Cl2N4O3. The molecule has 4 N–H and O–H groups in total. The molecule has 7 nitrogen and oxygen atoms in total. The standard InChI is InChI=1S/C16H19ClN4O3.ClH/c17-11-3-1-9(2-4-11)15-20-14(24-21-15)5-6-19-16(23)10-7-12(18)13(22)8-10;/h1-4,10,12-13,22H,5-8,18H2,(H,19,23);1H/t10-,12+,13+;/m0./s1. The first-order chi connectivity index (χ1) is 11.5. The van der Waals surface area contributed by atoms with Gasteiger partial charge in [0.25, 0.3) is 0 Å². The van der Waals surface area contributed by atoms with Gasteiger partial charge in [0.1, 0.15) is 0 Å². The first kappa shape index (κ1) is 19.7. The highest BCUT2D eigenvalue weighted by molar-refractivity contribution is 6.30. The molecule has 0 spiro atoms. The van der Waals surface area contributed by atoms with Gasteiger partial charge in [-0.1, -0.05) is 16.8 Å². The number of benzene rings is 1. The summed E-state index contributed by atoms with van der Waals surface area (Å²) in [5.74, 6) is 0.600. The number of rotatable bonds is 5. The maximum absolute atomic E-state index is 12.0. The van der Waals surface area contributed by atoms with Crippen molar-refractivity contribution in [3.8, 4) is 11.4 Å². The number of nitrogens with one attached hydrogen (secondary N) is 1. The van der Waals surface area contributed by atoms with Crippen LogP contribution in [0.4, 0.5) is 0 Å². The molecule has 0 radical (unpaired) electrons. The average Bonchev–Trinajstić information content (AvgIpc) is 3.16. The Morgan fingerprint density at radius 2 is 2.08 bits per heavy atom. The smallest absolute Gasteiger partial charge is 0.228 e. The molecule has 25 heavy (non-hydrogen) atoms. The quantitative estimate of drug-likeness (QED) is 0.718. The van der Waals surface area contributed by atoms with E-state index in [2.05, 4.69) is 15.5 Å². The van der Waals surface area contributed by atoms with Crippen LogP contribution in [0.1, 0.15) is 18.7 Å². The minimum absolute atomic E-state index is 0. The number of halogens is 2. The van der Waals surface area contributed by atoms with Crippen LogP contribution in [0.2, 0.25) is 5.02 Å². The number of carbonyl (C=O) groups is 1. The van der Waals surface area contributed by atoms with Crippen molar-refractivity contribution in [2.45, 2.75) is 31.4 Å². The zero-order valence-corrected chi connectivity index (χ0v) is 15.0. The number of aromatic nitrogens is 2. The second-order valence-corrected chi connectivity index (χ2v) is 6.40. The normalized spacial score (nSPS) is 22.4. The molecule has 1 aromatic carbocycles. The number of aliphatic hydroxyl groups is 1. The number of amides is 1. The minimum atomic E-state index is -0.598. The fourth-order valence-electron chi connectivity index (χ4n) is 2.77. The number of aliphatic hydroxyl groups excluding tert-OH is 1. The van der Waals surface area contributed by atoms with E-state index in [0.717, 1.165) is 5.56 Å². The predicted molar refractivity (Wildman–Crippen MR) is 95.4 cm³/mol. The van der Waals surface area contributed by atoms with Crippen molar-refractivity contribution in [3.63, 3.8) is 0 Å². The number of nitrogens with zero attached hydrogens (tertiary/aromatic N) is 2. The molecule has 3 rings (SSSR count). The molecule has 0 bridgehead atoms. The molecule has 1 aliphatic rings. The molecule has 1 aromatic heterocycles. The second kappa shape index (κ2) is 8.62. The van der Waals surface area contributed by atoms with E-state index in [9.17, 15) is 9.90 Å². The third kappa shape index (κ3) is 4.92. The van der Waals surface area contributed by atoms with E-state index in [1.807, 2.05) is 12.1 Å². The molecule has 136 valence electrons. The van der Waals surface area contributed by atoms with E-state index in [1.165, 1.54) is 0 Å². The topological polar surface area (TPSA) is 114 Å². The molecule has 1 aliphatic carbocycles. The average molecular weight is 387 g/mol. The molecule has 1 saturated carbocycles. The summed E-state index contributed by atoms with van der Waals surface area (Å²) in [6, 6.07) is 6.82. The summed E-state index contributed by atoms with van der Waals surface area (Å²) in [5.41, 5.74) is 6.53. The minimum Gasteiger partial charge on any atom is -0.391 e. The van der Waals surface area contributed by atoms with Crippen molar-refractivity contribution in [3.05, 3.63) is 35.2 Å². The van der Waals surface area contributed by atoms with Crippen LogP contribution < -0.4 is 11.1 Å². The van der Waals surface area contributed by atoms with E-state index >= 15 is 0 Å². The highest BCUT2D eigenvalue weighted by Crippen LogP contribution is 2.24. The zero-order chi connectivity index (χ0) is 17.1. The lowest BCUT2D eigenvalue weighted by Crippen LogP contribution is -2.32. The molecule has 0 unspecified atom stereocenters. The van der Waals surface area contributed by atoms with Gasteiger partial charge in [0.2, 0.25) is 17.6 Å². The summed E-state index contributed by atoms with van der Waals surface area (Å²) >= 11 is 5.85. The maximum atomic E-state index is 12.0. The largest absolute Gasteiger partial charge is 0.391 e. The molecule has 9 heteroatoms. The maximum Gasteiger partial charge on any atom is 0.228 e. The van der Waals surface area contributed by atoms with Crippen molar-refractivity contribution < 1.29 is 14.4 Å². The third-order valence-electron chi connectivity index (χ3n) is 4.16. The molecule has 0 saturated heterocycles. The van der Waals surface area contributed by atoms with E-state index in [1.54, 1.807) is 12.1 Å². The van der Waals surface area contributed by atoms with Crippen LogP contribution in [0.5, 0.6) is 0 Å². The fourth-order valence-corrected chi connectivity index (χ4v) is 2.90. The van der Waals surface area contributed by atoms with Gasteiger partial charge < -0.3 is 20.7 Å². The second-order valence-electron chi connectivity index (χ2n) is 5.96. The first-order valence-corrected chi connectivity index (χ1v) is 8.20. The molecule has 1 fully saturated rings. The summed E-state index contributed by atoms with van der Waals surface area (Å²) < 4.78 is 5.19. The predicted octanol–water partition coefficient (Wildman–Crippen LogP) is 1.57. The Kier molecular flexibility index (Phi) is 6.78. The Bertz CT molecular complexity index is 698. The van der Waals surface area contributed by atoms with E-state index in [-0.39, 0.29) is 30.3 Å². The van der Waals surface area contributed by atoms with E-state index in [0.29, 0.717) is 42.5 Å². The Hall–Kier alpha value is -1.67. The van der Waals surface area contributed by atoms with Gasteiger partial charge in [-0.05, 0) is 37.1 Å². The van der Waals surface area contributed by atoms with Gasteiger partial charge in [-0.25, -0.2) is 0 Å². The van der Waals surface area contributed by atoms with Crippen LogP contribution >= 0.6 is 24.0 Å². The highest BCUT2D eigenvalue weighted by Gasteiger charge is 2.34. The van der Waals surface area contributed by atoms with Crippen molar-refractivity contribution >= 4 is 29.9 Å². The number of hydrogen-bond acceptors (Lipinski definition) is 6. The summed E-state index contributed by atoms with van der Waals surface area (Å²) in [6.45, 7) is 0.392. The Labute approximate surface area is 156 Å². The summed E-state index contributed by atoms with van der Waals surface area (Å²) in [6.07, 6.45) is 0.759. The number of carbonyl (C=O) groups excluding carboxylic acids is 1. The van der Waals surface area contributed by atoms with Gasteiger partial charge in [0.15, 0.2) is 0 Å². The molecule has 2 aromatic rings. The van der Waals surface area contributed by atoms with Crippen LogP contribution in [0, 0.1) is 5.92 Å². The molecule has 1 amide bonds. The first-order valence-electron chi connectivity index (χ1n) is 7.83. The summed E-state index contributed by atoms with van der Waals surface area (Å²) in [7, 11) is 0. The van der Waals surface area contributed by atoms with Gasteiger partial charge in [0, 0.05) is 35.5 Å². The van der Waals surface area contributed by atoms with Gasteiger partial charge in [0.05, 0.1) is 6.10 Å². The third-order valence-corrected chi connectivity index (χ3v) is 4.41. The van der Waals surface area contributed by atoms with Crippen LogP contribution in [-0.2, 0) is 11.2 Å².